The molecule has 0 atom stereocenters. The number of para-hydroxylation sites is 2. The highest BCUT2D eigenvalue weighted by atomic mass is 32.2. The minimum atomic E-state index is -0.684. The molecular weight excluding hydrogens is 432 g/mol. The molecule has 0 saturated heterocycles. The molecule has 160 valence electrons. The number of fused-ring (bicyclic) bond motifs is 1. The second kappa shape index (κ2) is 9.27. The SMILES string of the molecule is O=[N+]([O-])c1ccc(N/N=C(/CSc2nc3ccccc3[nH]2)c2ccccc2)c([N+](=O)[O-])c1. The van der Waals surface area contributed by atoms with Gasteiger partial charge in [0.1, 0.15) is 5.69 Å². The third-order valence-corrected chi connectivity index (χ3v) is 5.40. The zero-order chi connectivity index (χ0) is 22.5. The van der Waals surface area contributed by atoms with Gasteiger partial charge >= 0.3 is 5.69 Å². The predicted octanol–water partition coefficient (Wildman–Crippen LogP) is 4.99. The van der Waals surface area contributed by atoms with E-state index in [9.17, 15) is 20.2 Å². The summed E-state index contributed by atoms with van der Waals surface area (Å²) in [5.41, 5.74) is 5.20. The molecule has 0 bridgehead atoms. The van der Waals surface area contributed by atoms with E-state index in [1.54, 1.807) is 0 Å². The molecule has 0 spiro atoms. The number of hydrogen-bond acceptors (Lipinski definition) is 8. The van der Waals surface area contributed by atoms with Crippen LogP contribution < -0.4 is 5.43 Å². The Morgan fingerprint density at radius 3 is 2.47 bits per heavy atom. The molecule has 32 heavy (non-hydrogen) atoms. The summed E-state index contributed by atoms with van der Waals surface area (Å²) in [6, 6.07) is 20.4. The molecule has 0 fully saturated rings. The fourth-order valence-corrected chi connectivity index (χ4v) is 3.80. The number of benzene rings is 3. The maximum atomic E-state index is 11.4. The van der Waals surface area contributed by atoms with Crippen molar-refractivity contribution in [3.63, 3.8) is 0 Å². The summed E-state index contributed by atoms with van der Waals surface area (Å²) in [5, 5.41) is 27.4. The fourth-order valence-electron chi connectivity index (χ4n) is 2.95. The lowest BCUT2D eigenvalue weighted by Gasteiger charge is -2.08. The smallest absolute Gasteiger partial charge is 0.301 e. The molecule has 11 heteroatoms. The highest BCUT2D eigenvalue weighted by Gasteiger charge is 2.19. The average Bonchev–Trinajstić information content (AvgIpc) is 3.22. The van der Waals surface area contributed by atoms with E-state index in [0.717, 1.165) is 27.8 Å². The number of H-pyrrole nitrogens is 1. The Labute approximate surface area is 185 Å². The van der Waals surface area contributed by atoms with Gasteiger partial charge in [-0.1, -0.05) is 54.2 Å². The Kier molecular flexibility index (Phi) is 6.08. The minimum absolute atomic E-state index is 0.0581. The first-order valence-electron chi connectivity index (χ1n) is 9.39. The third kappa shape index (κ3) is 4.73. The van der Waals surface area contributed by atoms with Gasteiger partial charge in [-0.15, -0.1) is 0 Å². The topological polar surface area (TPSA) is 139 Å². The van der Waals surface area contributed by atoms with Crippen LogP contribution in [0.1, 0.15) is 5.56 Å². The van der Waals surface area contributed by atoms with Crippen molar-refractivity contribution in [1.82, 2.24) is 9.97 Å². The summed E-state index contributed by atoms with van der Waals surface area (Å²) >= 11 is 1.44. The van der Waals surface area contributed by atoms with Crippen LogP contribution in [0.15, 0.2) is 83.1 Å². The predicted molar refractivity (Wildman–Crippen MR) is 123 cm³/mol. The zero-order valence-electron chi connectivity index (χ0n) is 16.5. The van der Waals surface area contributed by atoms with Crippen molar-refractivity contribution in [3.05, 3.63) is 98.6 Å². The van der Waals surface area contributed by atoms with Crippen LogP contribution in [0.4, 0.5) is 17.1 Å². The van der Waals surface area contributed by atoms with E-state index >= 15 is 0 Å². The lowest BCUT2D eigenvalue weighted by Crippen LogP contribution is -2.08. The molecule has 1 aromatic heterocycles. The number of nitrogens with one attached hydrogen (secondary N) is 2. The van der Waals surface area contributed by atoms with E-state index in [1.165, 1.54) is 23.9 Å². The molecule has 10 nitrogen and oxygen atoms in total. The Morgan fingerprint density at radius 2 is 1.75 bits per heavy atom. The largest absolute Gasteiger partial charge is 0.333 e. The van der Waals surface area contributed by atoms with Crippen LogP contribution in [0.25, 0.3) is 11.0 Å². The van der Waals surface area contributed by atoms with Crippen molar-refractivity contribution in [3.8, 4) is 0 Å². The number of aromatic amines is 1. The first kappa shape index (κ1) is 21.0. The summed E-state index contributed by atoms with van der Waals surface area (Å²) < 4.78 is 0. The van der Waals surface area contributed by atoms with E-state index in [2.05, 4.69) is 20.5 Å². The van der Waals surface area contributed by atoms with Gasteiger partial charge in [-0.3, -0.25) is 25.7 Å². The van der Waals surface area contributed by atoms with Gasteiger partial charge in [0.25, 0.3) is 5.69 Å². The van der Waals surface area contributed by atoms with Gasteiger partial charge in [-0.05, 0) is 23.8 Å². The van der Waals surface area contributed by atoms with Gasteiger partial charge < -0.3 is 4.98 Å². The standard InChI is InChI=1S/C21H16N6O4S/c28-26(29)15-10-11-18(20(12-15)27(30)31)24-25-19(14-6-2-1-3-7-14)13-32-21-22-16-8-4-5-9-17(16)23-21/h1-12,24H,13H2,(H,22,23)/b25-19-. The summed E-state index contributed by atoms with van der Waals surface area (Å²) in [6.07, 6.45) is 0. The van der Waals surface area contributed by atoms with E-state index in [1.807, 2.05) is 54.6 Å². The quantitative estimate of drug-likeness (QED) is 0.167. The van der Waals surface area contributed by atoms with Gasteiger partial charge in [0.15, 0.2) is 5.16 Å². The molecule has 0 unspecified atom stereocenters. The maximum absolute atomic E-state index is 11.4. The average molecular weight is 448 g/mol. The summed E-state index contributed by atoms with van der Waals surface area (Å²) in [5.74, 6) is 0.428. The summed E-state index contributed by atoms with van der Waals surface area (Å²) in [4.78, 5) is 28.7. The maximum Gasteiger partial charge on any atom is 0.301 e. The number of rotatable bonds is 8. The van der Waals surface area contributed by atoms with Crippen LogP contribution in [0.2, 0.25) is 0 Å². The van der Waals surface area contributed by atoms with Crippen LogP contribution in [0.3, 0.4) is 0 Å². The second-order valence-corrected chi connectivity index (χ2v) is 7.56. The molecule has 1 heterocycles. The van der Waals surface area contributed by atoms with Crippen LogP contribution in [-0.4, -0.2) is 31.3 Å². The van der Waals surface area contributed by atoms with Gasteiger partial charge in [0.05, 0.1) is 32.7 Å². The molecule has 0 aliphatic heterocycles. The van der Waals surface area contributed by atoms with Gasteiger partial charge in [-0.25, -0.2) is 4.98 Å². The van der Waals surface area contributed by atoms with Crippen LogP contribution in [0, 0.1) is 20.2 Å². The molecular formula is C21H16N6O4S. The van der Waals surface area contributed by atoms with Crippen molar-refractivity contribution in [2.45, 2.75) is 5.16 Å². The number of non-ortho nitro benzene ring substituents is 1. The van der Waals surface area contributed by atoms with Crippen LogP contribution in [0.5, 0.6) is 0 Å². The summed E-state index contributed by atoms with van der Waals surface area (Å²) in [7, 11) is 0. The first-order valence-corrected chi connectivity index (χ1v) is 10.4. The molecule has 2 N–H and O–H groups in total. The lowest BCUT2D eigenvalue weighted by atomic mass is 10.1. The number of aromatic nitrogens is 2. The van der Waals surface area contributed by atoms with Gasteiger partial charge in [-0.2, -0.15) is 5.10 Å². The van der Waals surface area contributed by atoms with Crippen molar-refractivity contribution < 1.29 is 9.85 Å². The molecule has 3 aromatic carbocycles. The number of nitro benzene ring substituents is 2. The molecule has 0 radical (unpaired) electrons. The highest BCUT2D eigenvalue weighted by molar-refractivity contribution is 7.99. The minimum Gasteiger partial charge on any atom is -0.333 e. The van der Waals surface area contributed by atoms with E-state index in [0.29, 0.717) is 11.5 Å². The van der Waals surface area contributed by atoms with E-state index < -0.39 is 15.5 Å². The Balaban J connectivity index is 1.61. The molecule has 0 saturated carbocycles. The number of hydrazone groups is 1. The number of anilines is 1. The number of nitro groups is 2. The van der Waals surface area contributed by atoms with Crippen molar-refractivity contribution in [1.29, 1.82) is 0 Å². The molecule has 0 aliphatic carbocycles. The monoisotopic (exact) mass is 448 g/mol. The highest BCUT2D eigenvalue weighted by Crippen LogP contribution is 2.29. The van der Waals surface area contributed by atoms with Gasteiger partial charge in [0, 0.05) is 11.8 Å². The second-order valence-electron chi connectivity index (χ2n) is 6.60. The Morgan fingerprint density at radius 1 is 1.00 bits per heavy atom. The van der Waals surface area contributed by atoms with Crippen LogP contribution >= 0.6 is 11.8 Å². The number of hydrogen-bond donors (Lipinski definition) is 2. The van der Waals surface area contributed by atoms with Crippen molar-refractivity contribution in [2.24, 2.45) is 5.10 Å². The van der Waals surface area contributed by atoms with Crippen molar-refractivity contribution in [2.75, 3.05) is 11.2 Å². The number of nitrogens with zero attached hydrogens (tertiary/aromatic N) is 4. The number of thioether (sulfide) groups is 1. The Bertz CT molecular complexity index is 1290. The van der Waals surface area contributed by atoms with E-state index in [-0.39, 0.29) is 11.4 Å². The third-order valence-electron chi connectivity index (χ3n) is 4.52. The van der Waals surface area contributed by atoms with E-state index in [4.69, 9.17) is 0 Å². The molecule has 4 aromatic rings. The molecule has 0 amide bonds. The summed E-state index contributed by atoms with van der Waals surface area (Å²) in [6.45, 7) is 0. The molecule has 4 rings (SSSR count). The normalized spacial score (nSPS) is 11.4. The van der Waals surface area contributed by atoms with Crippen molar-refractivity contribution >= 4 is 45.6 Å². The van der Waals surface area contributed by atoms with Crippen LogP contribution in [-0.2, 0) is 0 Å². The Hall–Kier alpha value is -4.25. The molecule has 0 aliphatic rings. The first-order chi connectivity index (χ1) is 15.5. The lowest BCUT2D eigenvalue weighted by molar-refractivity contribution is -0.393. The fraction of sp³-hybridized carbons (Fsp3) is 0.0476. The van der Waals surface area contributed by atoms with Gasteiger partial charge in [0.2, 0.25) is 0 Å². The zero-order valence-corrected chi connectivity index (χ0v) is 17.3. The number of imidazole rings is 1.